The van der Waals surface area contributed by atoms with E-state index in [4.69, 9.17) is 16.3 Å². The SMILES string of the molecule is Cn1nc(C2CCCN(C(=O)C(C)(C)Oc3ccc(Cl)cc3)C2)n(-c2ccccc2)c1=O. The Morgan fingerprint density at radius 2 is 1.81 bits per heavy atom. The monoisotopic (exact) mass is 454 g/mol. The van der Waals surface area contributed by atoms with Gasteiger partial charge in [0.1, 0.15) is 11.6 Å². The molecule has 8 heteroatoms. The number of hydrogen-bond acceptors (Lipinski definition) is 4. The first-order valence-corrected chi connectivity index (χ1v) is 11.1. The predicted molar refractivity (Wildman–Crippen MR) is 124 cm³/mol. The molecule has 0 N–H and O–H groups in total. The summed E-state index contributed by atoms with van der Waals surface area (Å²) in [6, 6.07) is 16.5. The number of nitrogens with zero attached hydrogens (tertiary/aromatic N) is 4. The van der Waals surface area contributed by atoms with Crippen molar-refractivity contribution in [2.45, 2.75) is 38.2 Å². The van der Waals surface area contributed by atoms with Crippen LogP contribution >= 0.6 is 11.6 Å². The number of likely N-dealkylation sites (tertiary alicyclic amines) is 1. The predicted octanol–water partition coefficient (Wildman–Crippen LogP) is 3.79. The van der Waals surface area contributed by atoms with Crippen LogP contribution in [0.4, 0.5) is 0 Å². The quantitative estimate of drug-likeness (QED) is 0.588. The van der Waals surface area contributed by atoms with E-state index in [0.717, 1.165) is 18.5 Å². The van der Waals surface area contributed by atoms with Crippen LogP contribution in [0, 0.1) is 0 Å². The van der Waals surface area contributed by atoms with Crippen molar-refractivity contribution in [1.82, 2.24) is 19.2 Å². The van der Waals surface area contributed by atoms with Crippen molar-refractivity contribution < 1.29 is 9.53 Å². The summed E-state index contributed by atoms with van der Waals surface area (Å²) < 4.78 is 9.01. The molecule has 2 aromatic carbocycles. The third-order valence-electron chi connectivity index (χ3n) is 5.74. The molecule has 1 unspecified atom stereocenters. The van der Waals surface area contributed by atoms with Gasteiger partial charge in [0.25, 0.3) is 5.91 Å². The fraction of sp³-hybridized carbons (Fsp3) is 0.375. The zero-order valence-corrected chi connectivity index (χ0v) is 19.2. The number of amides is 1. The maximum absolute atomic E-state index is 13.4. The van der Waals surface area contributed by atoms with Crippen LogP contribution in [0.2, 0.25) is 5.02 Å². The van der Waals surface area contributed by atoms with Gasteiger partial charge in [-0.3, -0.25) is 4.79 Å². The van der Waals surface area contributed by atoms with Crippen molar-refractivity contribution in [2.75, 3.05) is 13.1 Å². The molecule has 1 fully saturated rings. The van der Waals surface area contributed by atoms with Crippen molar-refractivity contribution in [3.63, 3.8) is 0 Å². The van der Waals surface area contributed by atoms with Gasteiger partial charge < -0.3 is 9.64 Å². The Bertz CT molecular complexity index is 1150. The fourth-order valence-electron chi connectivity index (χ4n) is 4.16. The van der Waals surface area contributed by atoms with Gasteiger partial charge in [-0.25, -0.2) is 14.0 Å². The molecule has 3 aromatic rings. The summed E-state index contributed by atoms with van der Waals surface area (Å²) in [6.07, 6.45) is 1.68. The van der Waals surface area contributed by atoms with E-state index < -0.39 is 5.60 Å². The average Bonchev–Trinajstić information content (AvgIpc) is 3.09. The Kier molecular flexibility index (Phi) is 6.11. The number of benzene rings is 2. The number of para-hydroxylation sites is 1. The second-order valence-corrected chi connectivity index (χ2v) is 9.03. The number of ether oxygens (including phenoxy) is 1. The molecular weight excluding hydrogens is 428 g/mol. The minimum atomic E-state index is -1.04. The van der Waals surface area contributed by atoms with Gasteiger partial charge in [-0.15, -0.1) is 0 Å². The zero-order chi connectivity index (χ0) is 22.9. The van der Waals surface area contributed by atoms with Crippen molar-refractivity contribution in [3.05, 3.63) is 75.9 Å². The number of hydrogen-bond donors (Lipinski definition) is 0. The molecule has 0 spiro atoms. The van der Waals surface area contributed by atoms with E-state index >= 15 is 0 Å². The Balaban J connectivity index is 1.56. The average molecular weight is 455 g/mol. The summed E-state index contributed by atoms with van der Waals surface area (Å²) in [7, 11) is 1.65. The number of carbonyl (C=O) groups excluding carboxylic acids is 1. The topological polar surface area (TPSA) is 69.4 Å². The summed E-state index contributed by atoms with van der Waals surface area (Å²) >= 11 is 5.95. The van der Waals surface area contributed by atoms with E-state index in [0.29, 0.717) is 29.7 Å². The molecule has 1 saturated heterocycles. The van der Waals surface area contributed by atoms with E-state index in [2.05, 4.69) is 5.10 Å². The van der Waals surface area contributed by atoms with Gasteiger partial charge in [0.05, 0.1) is 5.69 Å². The molecule has 1 atom stereocenters. The molecular formula is C24H27ClN4O3. The highest BCUT2D eigenvalue weighted by Gasteiger charge is 2.38. The van der Waals surface area contributed by atoms with Crippen LogP contribution in [0.15, 0.2) is 59.4 Å². The van der Waals surface area contributed by atoms with Gasteiger partial charge in [-0.2, -0.15) is 5.10 Å². The lowest BCUT2D eigenvalue weighted by molar-refractivity contribution is -0.146. The van der Waals surface area contributed by atoms with Crippen LogP contribution in [0.5, 0.6) is 5.75 Å². The molecule has 168 valence electrons. The number of rotatable bonds is 5. The molecule has 0 aliphatic carbocycles. The molecule has 0 saturated carbocycles. The third kappa shape index (κ3) is 4.43. The highest BCUT2D eigenvalue weighted by Crippen LogP contribution is 2.29. The van der Waals surface area contributed by atoms with Crippen molar-refractivity contribution in [3.8, 4) is 11.4 Å². The number of carbonyl (C=O) groups is 1. The maximum atomic E-state index is 13.4. The summed E-state index contributed by atoms with van der Waals surface area (Å²) in [4.78, 5) is 28.0. The summed E-state index contributed by atoms with van der Waals surface area (Å²) in [6.45, 7) is 4.67. The zero-order valence-electron chi connectivity index (χ0n) is 18.5. The van der Waals surface area contributed by atoms with Gasteiger partial charge in [-0.05, 0) is 63.1 Å². The molecule has 1 amide bonds. The van der Waals surface area contributed by atoms with Crippen molar-refractivity contribution in [2.24, 2.45) is 7.05 Å². The van der Waals surface area contributed by atoms with Gasteiger partial charge in [0.2, 0.25) is 0 Å². The second kappa shape index (κ2) is 8.82. The molecule has 0 radical (unpaired) electrons. The number of aryl methyl sites for hydroxylation is 1. The van der Waals surface area contributed by atoms with Crippen molar-refractivity contribution in [1.29, 1.82) is 0 Å². The lowest BCUT2D eigenvalue weighted by atomic mass is 9.95. The van der Waals surface area contributed by atoms with E-state index in [1.54, 1.807) is 49.7 Å². The lowest BCUT2D eigenvalue weighted by Crippen LogP contribution is -2.51. The molecule has 1 aliphatic heterocycles. The smallest absolute Gasteiger partial charge is 0.350 e. The van der Waals surface area contributed by atoms with Crippen LogP contribution < -0.4 is 10.4 Å². The minimum absolute atomic E-state index is 0.0480. The van der Waals surface area contributed by atoms with Gasteiger partial charge in [-0.1, -0.05) is 29.8 Å². The first kappa shape index (κ1) is 22.1. The third-order valence-corrected chi connectivity index (χ3v) is 5.99. The first-order valence-electron chi connectivity index (χ1n) is 10.7. The van der Waals surface area contributed by atoms with Crippen LogP contribution in [0.1, 0.15) is 38.4 Å². The number of piperidine rings is 1. The largest absolute Gasteiger partial charge is 0.478 e. The highest BCUT2D eigenvalue weighted by atomic mass is 35.5. The van der Waals surface area contributed by atoms with Crippen LogP contribution in [0.25, 0.3) is 5.69 Å². The van der Waals surface area contributed by atoms with Gasteiger partial charge in [0.15, 0.2) is 5.60 Å². The molecule has 0 bridgehead atoms. The summed E-state index contributed by atoms with van der Waals surface area (Å²) in [5.41, 5.74) is -0.463. The summed E-state index contributed by atoms with van der Waals surface area (Å²) in [5.74, 6) is 1.12. The van der Waals surface area contributed by atoms with Gasteiger partial charge in [0, 0.05) is 31.1 Å². The molecule has 1 aromatic heterocycles. The Labute approximate surface area is 192 Å². The minimum Gasteiger partial charge on any atom is -0.478 e. The van der Waals surface area contributed by atoms with Crippen LogP contribution in [-0.2, 0) is 11.8 Å². The lowest BCUT2D eigenvalue weighted by Gasteiger charge is -2.37. The van der Waals surface area contributed by atoms with Crippen LogP contribution in [-0.4, -0.2) is 43.8 Å². The molecule has 1 aliphatic rings. The van der Waals surface area contributed by atoms with E-state index in [-0.39, 0.29) is 17.5 Å². The normalized spacial score (nSPS) is 16.8. The Morgan fingerprint density at radius 3 is 2.50 bits per heavy atom. The van der Waals surface area contributed by atoms with E-state index in [1.165, 1.54) is 4.68 Å². The van der Waals surface area contributed by atoms with E-state index in [9.17, 15) is 9.59 Å². The first-order chi connectivity index (χ1) is 15.3. The fourth-order valence-corrected chi connectivity index (χ4v) is 4.29. The maximum Gasteiger partial charge on any atom is 0.350 e. The van der Waals surface area contributed by atoms with Crippen molar-refractivity contribution >= 4 is 17.5 Å². The highest BCUT2D eigenvalue weighted by molar-refractivity contribution is 6.30. The molecule has 32 heavy (non-hydrogen) atoms. The summed E-state index contributed by atoms with van der Waals surface area (Å²) in [5, 5.41) is 5.14. The molecule has 4 rings (SSSR count). The van der Waals surface area contributed by atoms with E-state index in [1.807, 2.05) is 35.2 Å². The Hall–Kier alpha value is -3.06. The number of aromatic nitrogens is 3. The Morgan fingerprint density at radius 1 is 1.12 bits per heavy atom. The van der Waals surface area contributed by atoms with Crippen LogP contribution in [0.3, 0.4) is 0 Å². The second-order valence-electron chi connectivity index (χ2n) is 8.59. The number of halogens is 1. The molecule has 2 heterocycles. The standard InChI is InChI=1S/C24H27ClN4O3/c1-24(2,32-20-13-11-18(25)12-14-20)22(30)28-15-7-8-17(16-28)21-26-27(3)23(31)29(21)19-9-5-4-6-10-19/h4-6,9-14,17H,7-8,15-16H2,1-3H3. The molecule has 7 nitrogen and oxygen atoms in total. The van der Waals surface area contributed by atoms with Gasteiger partial charge >= 0.3 is 5.69 Å².